The molecule has 0 aromatic heterocycles. The first-order valence-corrected chi connectivity index (χ1v) is 9.79. The Morgan fingerprint density at radius 2 is 2.10 bits per heavy atom. The minimum Gasteiger partial charge on any atom is -0.510 e. The van der Waals surface area contributed by atoms with E-state index in [1.54, 1.807) is 16.0 Å². The van der Waals surface area contributed by atoms with Crippen LogP contribution in [0.1, 0.15) is 38.2 Å². The molecular formula is C21H23F2N3O3. The van der Waals surface area contributed by atoms with Gasteiger partial charge in [0, 0.05) is 49.0 Å². The highest BCUT2D eigenvalue weighted by Crippen LogP contribution is 2.35. The molecule has 3 aliphatic heterocycles. The highest BCUT2D eigenvalue weighted by molar-refractivity contribution is 5.98. The van der Waals surface area contributed by atoms with Crippen molar-refractivity contribution >= 4 is 11.8 Å². The molecule has 0 aliphatic carbocycles. The Morgan fingerprint density at radius 3 is 2.86 bits per heavy atom. The maximum Gasteiger partial charge on any atom is 0.274 e. The van der Waals surface area contributed by atoms with Gasteiger partial charge in [0.05, 0.1) is 6.04 Å². The highest BCUT2D eigenvalue weighted by atomic mass is 19.1. The number of allylic oxidation sites excluding steroid dienone is 1. The molecule has 2 atom stereocenters. The van der Waals surface area contributed by atoms with Crippen molar-refractivity contribution in [2.75, 3.05) is 6.54 Å². The number of carbonyl (C=O) groups is 2. The number of fused-ring (bicyclic) bond motifs is 4. The van der Waals surface area contributed by atoms with Gasteiger partial charge in [0.15, 0.2) is 0 Å². The number of hydrogen-bond donors (Lipinski definition) is 2. The molecule has 1 aromatic carbocycles. The van der Waals surface area contributed by atoms with Crippen LogP contribution in [-0.4, -0.2) is 45.3 Å². The molecule has 2 fully saturated rings. The van der Waals surface area contributed by atoms with Crippen LogP contribution in [-0.2, 0) is 16.1 Å². The van der Waals surface area contributed by atoms with Crippen molar-refractivity contribution in [1.29, 1.82) is 0 Å². The standard InChI is InChI=1S/C21H23F2N3O3/c1-12-3-2-4-16-11-25(12)21(29)19-18(27)7-14(10-26(16)19)20(28)24-9-13-5-6-15(22)8-17(13)23/h5-6,8,10,12,16,27H,2-4,7,9,11H2,1H3,(H,24,28). The van der Waals surface area contributed by atoms with Crippen molar-refractivity contribution in [3.8, 4) is 0 Å². The minimum absolute atomic E-state index is 0.00689. The lowest BCUT2D eigenvalue weighted by molar-refractivity contribution is -0.134. The molecule has 0 saturated carbocycles. The van der Waals surface area contributed by atoms with E-state index >= 15 is 0 Å². The maximum atomic E-state index is 13.8. The molecule has 4 rings (SSSR count). The highest BCUT2D eigenvalue weighted by Gasteiger charge is 2.42. The summed E-state index contributed by atoms with van der Waals surface area (Å²) in [6.07, 6.45) is 4.28. The number of hydrogen-bond acceptors (Lipinski definition) is 4. The summed E-state index contributed by atoms with van der Waals surface area (Å²) in [4.78, 5) is 29.0. The predicted octanol–water partition coefficient (Wildman–Crippen LogP) is 2.72. The molecule has 29 heavy (non-hydrogen) atoms. The summed E-state index contributed by atoms with van der Waals surface area (Å²) >= 11 is 0. The Morgan fingerprint density at radius 1 is 1.31 bits per heavy atom. The van der Waals surface area contributed by atoms with E-state index in [1.807, 2.05) is 6.92 Å². The normalized spacial score (nSPS) is 24.1. The Kier molecular flexibility index (Phi) is 5.02. The molecule has 8 heteroatoms. The number of rotatable bonds is 3. The van der Waals surface area contributed by atoms with E-state index in [0.29, 0.717) is 12.1 Å². The van der Waals surface area contributed by atoms with Gasteiger partial charge in [0.1, 0.15) is 23.1 Å². The van der Waals surface area contributed by atoms with Crippen molar-refractivity contribution in [2.24, 2.45) is 0 Å². The molecule has 2 unspecified atom stereocenters. The number of halogens is 2. The molecule has 2 bridgehead atoms. The third-order valence-corrected chi connectivity index (χ3v) is 5.89. The summed E-state index contributed by atoms with van der Waals surface area (Å²) in [5, 5.41) is 13.2. The van der Waals surface area contributed by atoms with Crippen LogP contribution >= 0.6 is 0 Å². The number of nitrogens with zero attached hydrogens (tertiary/aromatic N) is 2. The van der Waals surface area contributed by atoms with Crippen molar-refractivity contribution in [1.82, 2.24) is 15.1 Å². The quantitative estimate of drug-likeness (QED) is 0.814. The lowest BCUT2D eigenvalue weighted by Gasteiger charge is -2.44. The number of nitrogens with one attached hydrogen (secondary N) is 1. The largest absolute Gasteiger partial charge is 0.510 e. The van der Waals surface area contributed by atoms with Crippen LogP contribution in [0.5, 0.6) is 0 Å². The first kappa shape index (κ1) is 19.4. The number of piperazine rings is 1. The van der Waals surface area contributed by atoms with Gasteiger partial charge in [-0.3, -0.25) is 9.59 Å². The van der Waals surface area contributed by atoms with E-state index in [2.05, 4.69) is 5.32 Å². The summed E-state index contributed by atoms with van der Waals surface area (Å²) < 4.78 is 26.8. The van der Waals surface area contributed by atoms with Gasteiger partial charge in [0.25, 0.3) is 5.91 Å². The zero-order valence-electron chi connectivity index (χ0n) is 16.1. The van der Waals surface area contributed by atoms with E-state index < -0.39 is 17.5 Å². The van der Waals surface area contributed by atoms with E-state index in [1.165, 1.54) is 6.07 Å². The van der Waals surface area contributed by atoms with Gasteiger partial charge in [-0.2, -0.15) is 0 Å². The Labute approximate surface area is 167 Å². The van der Waals surface area contributed by atoms with Gasteiger partial charge < -0.3 is 20.2 Å². The molecule has 2 amide bonds. The van der Waals surface area contributed by atoms with Gasteiger partial charge in [0.2, 0.25) is 5.91 Å². The zero-order valence-corrected chi connectivity index (χ0v) is 16.1. The smallest absolute Gasteiger partial charge is 0.274 e. The number of aliphatic hydroxyl groups excluding tert-OH is 1. The van der Waals surface area contributed by atoms with Crippen molar-refractivity contribution in [3.63, 3.8) is 0 Å². The van der Waals surface area contributed by atoms with Crippen molar-refractivity contribution < 1.29 is 23.5 Å². The van der Waals surface area contributed by atoms with E-state index in [9.17, 15) is 23.5 Å². The fourth-order valence-corrected chi connectivity index (χ4v) is 4.26. The fourth-order valence-electron chi connectivity index (χ4n) is 4.26. The van der Waals surface area contributed by atoms with E-state index in [4.69, 9.17) is 0 Å². The lowest BCUT2D eigenvalue weighted by atomic mass is 9.99. The van der Waals surface area contributed by atoms with Crippen LogP contribution in [0.15, 0.2) is 41.4 Å². The molecule has 6 nitrogen and oxygen atoms in total. The molecule has 0 radical (unpaired) electrons. The molecular weight excluding hydrogens is 380 g/mol. The van der Waals surface area contributed by atoms with Gasteiger partial charge in [-0.1, -0.05) is 6.07 Å². The Hall–Kier alpha value is -2.90. The second-order valence-electron chi connectivity index (χ2n) is 7.84. The molecule has 154 valence electrons. The Bertz CT molecular complexity index is 928. The average Bonchev–Trinajstić information content (AvgIpc) is 2.85. The number of carbonyl (C=O) groups excluding carboxylic acids is 2. The second kappa shape index (κ2) is 7.50. The van der Waals surface area contributed by atoms with Crippen molar-refractivity contribution in [2.45, 2.75) is 51.2 Å². The fraction of sp³-hybridized carbons (Fsp3) is 0.429. The summed E-state index contributed by atoms with van der Waals surface area (Å²) in [6, 6.07) is 3.30. The van der Waals surface area contributed by atoms with Gasteiger partial charge >= 0.3 is 0 Å². The van der Waals surface area contributed by atoms with E-state index in [0.717, 1.165) is 31.4 Å². The molecule has 3 aliphatic rings. The SMILES string of the molecule is CC1CCCC2CN1C(=O)C1=C(O)CC(C(=O)NCc3ccc(F)cc3F)=CN12. The van der Waals surface area contributed by atoms with Gasteiger partial charge in [-0.05, 0) is 32.3 Å². The number of benzene rings is 1. The second-order valence-corrected chi connectivity index (χ2v) is 7.84. The predicted molar refractivity (Wildman–Crippen MR) is 101 cm³/mol. The monoisotopic (exact) mass is 403 g/mol. The summed E-state index contributed by atoms with van der Waals surface area (Å²) in [5.41, 5.74) is 0.710. The molecule has 0 spiro atoms. The minimum atomic E-state index is -0.734. The van der Waals surface area contributed by atoms with Crippen molar-refractivity contribution in [3.05, 3.63) is 58.6 Å². The number of amides is 2. The molecule has 2 N–H and O–H groups in total. The summed E-state index contributed by atoms with van der Waals surface area (Å²) in [7, 11) is 0. The maximum absolute atomic E-state index is 13.8. The van der Waals surface area contributed by atoms with Crippen LogP contribution < -0.4 is 5.32 Å². The topological polar surface area (TPSA) is 72.9 Å². The van der Waals surface area contributed by atoms with Crippen LogP contribution in [0, 0.1) is 11.6 Å². The third kappa shape index (κ3) is 3.59. The lowest BCUT2D eigenvalue weighted by Crippen LogP contribution is -2.55. The molecule has 1 aromatic rings. The van der Waals surface area contributed by atoms with Gasteiger partial charge in [-0.25, -0.2) is 8.78 Å². The van der Waals surface area contributed by atoms with Gasteiger partial charge in [-0.15, -0.1) is 0 Å². The van der Waals surface area contributed by atoms with Crippen LogP contribution in [0.3, 0.4) is 0 Å². The summed E-state index contributed by atoms with van der Waals surface area (Å²) in [6.45, 7) is 2.47. The molecule has 3 heterocycles. The zero-order chi connectivity index (χ0) is 20.7. The summed E-state index contributed by atoms with van der Waals surface area (Å²) in [5.74, 6) is -2.22. The van der Waals surface area contributed by atoms with Crippen LogP contribution in [0.4, 0.5) is 8.78 Å². The third-order valence-electron chi connectivity index (χ3n) is 5.89. The Balaban J connectivity index is 1.52. The first-order valence-electron chi connectivity index (χ1n) is 9.79. The first-order chi connectivity index (χ1) is 13.8. The van der Waals surface area contributed by atoms with Crippen LogP contribution in [0.25, 0.3) is 0 Å². The average molecular weight is 403 g/mol. The number of aliphatic hydroxyl groups is 1. The van der Waals surface area contributed by atoms with Crippen LogP contribution in [0.2, 0.25) is 0 Å². The van der Waals surface area contributed by atoms with E-state index in [-0.39, 0.29) is 48.0 Å². The molecule has 2 saturated heterocycles.